The molecule has 0 aliphatic carbocycles. The Hall–Kier alpha value is -1.25. The highest BCUT2D eigenvalue weighted by molar-refractivity contribution is 5.58. The van der Waals surface area contributed by atoms with Crippen LogP contribution in [0, 0.1) is 5.82 Å². The van der Waals surface area contributed by atoms with Gasteiger partial charge in [-0.2, -0.15) is 0 Å². The zero-order chi connectivity index (χ0) is 8.55. The summed E-state index contributed by atoms with van der Waals surface area (Å²) in [6.45, 7) is 2.61. The molecule has 1 unspecified atom stereocenters. The summed E-state index contributed by atoms with van der Waals surface area (Å²) in [4.78, 5) is 0. The smallest absolute Gasteiger partial charge is 0.150 e. The van der Waals surface area contributed by atoms with Crippen molar-refractivity contribution in [1.29, 1.82) is 0 Å². The van der Waals surface area contributed by atoms with Crippen LogP contribution in [0.1, 0.15) is 6.92 Å². The summed E-state index contributed by atoms with van der Waals surface area (Å²) in [6, 6.07) is 4.83. The highest BCUT2D eigenvalue weighted by Gasteiger charge is 2.17. The Morgan fingerprint density at radius 2 is 2.42 bits per heavy atom. The Balaban J connectivity index is 2.42. The molecule has 0 bridgehead atoms. The summed E-state index contributed by atoms with van der Waals surface area (Å²) < 4.78 is 18.5. The Morgan fingerprint density at radius 1 is 1.58 bits per heavy atom. The third kappa shape index (κ3) is 1.11. The van der Waals surface area contributed by atoms with E-state index in [1.54, 1.807) is 12.1 Å². The van der Waals surface area contributed by atoms with Gasteiger partial charge in [0, 0.05) is 0 Å². The van der Waals surface area contributed by atoms with Gasteiger partial charge < -0.3 is 10.1 Å². The molecule has 0 saturated carbocycles. The summed E-state index contributed by atoms with van der Waals surface area (Å²) >= 11 is 0. The average Bonchev–Trinajstić information content (AvgIpc) is 2.04. The third-order valence-corrected chi connectivity index (χ3v) is 1.87. The number of para-hydroxylation sites is 1. The highest BCUT2D eigenvalue weighted by Crippen LogP contribution is 2.30. The second-order valence-corrected chi connectivity index (χ2v) is 2.92. The molecule has 1 atom stereocenters. The van der Waals surface area contributed by atoms with Crippen LogP contribution >= 0.6 is 0 Å². The molecule has 1 heterocycles. The first-order chi connectivity index (χ1) is 5.77. The number of fused-ring (bicyclic) bond motifs is 1. The molecule has 1 aliphatic heterocycles. The number of hydrogen-bond acceptors (Lipinski definition) is 2. The van der Waals surface area contributed by atoms with Gasteiger partial charge in [-0.05, 0) is 19.1 Å². The lowest BCUT2D eigenvalue weighted by molar-refractivity contribution is 0.224. The van der Waals surface area contributed by atoms with Gasteiger partial charge in [0.1, 0.15) is 23.4 Å². The molecule has 1 aromatic carbocycles. The van der Waals surface area contributed by atoms with E-state index < -0.39 is 0 Å². The van der Waals surface area contributed by atoms with E-state index in [9.17, 15) is 4.39 Å². The van der Waals surface area contributed by atoms with Gasteiger partial charge in [-0.1, -0.05) is 6.07 Å². The van der Waals surface area contributed by atoms with Crippen molar-refractivity contribution in [2.75, 3.05) is 11.9 Å². The zero-order valence-corrected chi connectivity index (χ0v) is 6.80. The van der Waals surface area contributed by atoms with Gasteiger partial charge in [-0.15, -0.1) is 0 Å². The fourth-order valence-electron chi connectivity index (χ4n) is 1.28. The Morgan fingerprint density at radius 3 is 3.25 bits per heavy atom. The molecule has 64 valence electrons. The van der Waals surface area contributed by atoms with E-state index in [-0.39, 0.29) is 11.9 Å². The van der Waals surface area contributed by atoms with Crippen molar-refractivity contribution in [3.05, 3.63) is 24.0 Å². The Bertz CT molecular complexity index is 301. The van der Waals surface area contributed by atoms with E-state index in [0.717, 1.165) is 0 Å². The molecular formula is C9H10FNO. The van der Waals surface area contributed by atoms with Crippen molar-refractivity contribution >= 4 is 5.69 Å². The first kappa shape index (κ1) is 7.40. The molecule has 12 heavy (non-hydrogen) atoms. The normalized spacial score (nSPS) is 20.7. The van der Waals surface area contributed by atoms with Gasteiger partial charge in [0.2, 0.25) is 0 Å². The van der Waals surface area contributed by atoms with Gasteiger partial charge in [-0.3, -0.25) is 0 Å². The molecule has 0 saturated heterocycles. The van der Waals surface area contributed by atoms with E-state index in [1.807, 2.05) is 6.92 Å². The minimum atomic E-state index is -0.251. The lowest BCUT2D eigenvalue weighted by Gasteiger charge is -2.24. The lowest BCUT2D eigenvalue weighted by atomic mass is 10.2. The van der Waals surface area contributed by atoms with Crippen molar-refractivity contribution in [3.8, 4) is 5.75 Å². The monoisotopic (exact) mass is 167 g/mol. The van der Waals surface area contributed by atoms with E-state index in [2.05, 4.69) is 5.32 Å². The van der Waals surface area contributed by atoms with E-state index in [4.69, 9.17) is 4.74 Å². The molecule has 0 fully saturated rings. The highest BCUT2D eigenvalue weighted by atomic mass is 19.1. The lowest BCUT2D eigenvalue weighted by Crippen LogP contribution is -2.28. The molecule has 0 spiro atoms. The first-order valence-corrected chi connectivity index (χ1v) is 3.96. The Labute approximate surface area is 70.3 Å². The van der Waals surface area contributed by atoms with Gasteiger partial charge in [0.25, 0.3) is 0 Å². The summed E-state index contributed by atoms with van der Waals surface area (Å²) in [7, 11) is 0. The van der Waals surface area contributed by atoms with E-state index in [1.165, 1.54) is 6.07 Å². The summed E-state index contributed by atoms with van der Waals surface area (Å²) in [5.41, 5.74) is 0.482. The maximum absolute atomic E-state index is 13.1. The number of halogens is 1. The number of anilines is 1. The predicted octanol–water partition coefficient (Wildman–Crippen LogP) is 2.02. The molecule has 1 aromatic rings. The fourth-order valence-corrected chi connectivity index (χ4v) is 1.28. The Kier molecular flexibility index (Phi) is 1.64. The minimum Gasteiger partial charge on any atom is -0.487 e. The number of rotatable bonds is 0. The van der Waals surface area contributed by atoms with Crippen molar-refractivity contribution in [1.82, 2.24) is 0 Å². The average molecular weight is 167 g/mol. The molecule has 2 nitrogen and oxygen atoms in total. The quantitative estimate of drug-likeness (QED) is 0.638. The van der Waals surface area contributed by atoms with E-state index in [0.29, 0.717) is 18.0 Å². The molecule has 1 N–H and O–H groups in total. The van der Waals surface area contributed by atoms with Crippen LogP contribution < -0.4 is 10.1 Å². The molecule has 2 rings (SSSR count). The number of hydrogen-bond donors (Lipinski definition) is 1. The first-order valence-electron chi connectivity index (χ1n) is 3.96. The maximum atomic E-state index is 13.1. The predicted molar refractivity (Wildman–Crippen MR) is 45.0 cm³/mol. The van der Waals surface area contributed by atoms with Crippen molar-refractivity contribution in [2.24, 2.45) is 0 Å². The molecule has 0 amide bonds. The minimum absolute atomic E-state index is 0.110. The number of benzene rings is 1. The van der Waals surface area contributed by atoms with Crippen molar-refractivity contribution in [3.63, 3.8) is 0 Å². The van der Waals surface area contributed by atoms with Gasteiger partial charge in [0.15, 0.2) is 0 Å². The van der Waals surface area contributed by atoms with Crippen LogP contribution in [-0.2, 0) is 0 Å². The van der Waals surface area contributed by atoms with Gasteiger partial charge in [-0.25, -0.2) is 4.39 Å². The molecule has 0 aromatic heterocycles. The van der Waals surface area contributed by atoms with Crippen LogP contribution in [0.2, 0.25) is 0 Å². The van der Waals surface area contributed by atoms with Crippen LogP contribution in [-0.4, -0.2) is 12.6 Å². The largest absolute Gasteiger partial charge is 0.487 e. The van der Waals surface area contributed by atoms with Gasteiger partial charge >= 0.3 is 0 Å². The maximum Gasteiger partial charge on any atom is 0.150 e. The van der Waals surface area contributed by atoms with Crippen molar-refractivity contribution < 1.29 is 9.13 Å². The number of ether oxygens (including phenoxy) is 1. The zero-order valence-electron chi connectivity index (χ0n) is 6.80. The summed E-state index contributed by atoms with van der Waals surface area (Å²) in [6.07, 6.45) is 0.110. The van der Waals surface area contributed by atoms with Crippen LogP contribution in [0.15, 0.2) is 18.2 Å². The molecular weight excluding hydrogens is 157 g/mol. The topological polar surface area (TPSA) is 21.3 Å². The second kappa shape index (κ2) is 2.66. The molecule has 1 aliphatic rings. The third-order valence-electron chi connectivity index (χ3n) is 1.87. The second-order valence-electron chi connectivity index (χ2n) is 2.92. The van der Waals surface area contributed by atoms with Crippen LogP contribution in [0.4, 0.5) is 10.1 Å². The van der Waals surface area contributed by atoms with Crippen molar-refractivity contribution in [2.45, 2.75) is 13.0 Å². The molecule has 0 radical (unpaired) electrons. The fraction of sp³-hybridized carbons (Fsp3) is 0.333. The SMILES string of the molecule is CC1CNc2c(F)cccc2O1. The van der Waals surface area contributed by atoms with Crippen LogP contribution in [0.5, 0.6) is 5.75 Å². The van der Waals surface area contributed by atoms with Crippen LogP contribution in [0.25, 0.3) is 0 Å². The van der Waals surface area contributed by atoms with Gasteiger partial charge in [0.05, 0.1) is 6.54 Å². The summed E-state index contributed by atoms with van der Waals surface area (Å²) in [5.74, 6) is 0.355. The van der Waals surface area contributed by atoms with E-state index >= 15 is 0 Å². The van der Waals surface area contributed by atoms with Crippen LogP contribution in [0.3, 0.4) is 0 Å². The molecule has 3 heteroatoms. The number of nitrogens with one attached hydrogen (secondary N) is 1. The standard InChI is InChI=1S/C9H10FNO/c1-6-5-11-9-7(10)3-2-4-8(9)12-6/h2-4,6,11H,5H2,1H3. The summed E-state index contributed by atoms with van der Waals surface area (Å²) in [5, 5.41) is 2.98.